The second-order valence-electron chi connectivity index (χ2n) is 3.93. The van der Waals surface area contributed by atoms with Gasteiger partial charge in [0.2, 0.25) is 0 Å². The average molecular weight is 305 g/mol. The highest BCUT2D eigenvalue weighted by Crippen LogP contribution is 2.21. The van der Waals surface area contributed by atoms with E-state index in [4.69, 9.17) is 10.2 Å². The molecule has 1 amide bonds. The van der Waals surface area contributed by atoms with E-state index >= 15 is 0 Å². The molecule has 0 aliphatic carbocycles. The predicted molar refractivity (Wildman–Crippen MR) is 66.0 cm³/mol. The molecule has 0 atom stereocenters. The van der Waals surface area contributed by atoms with Crippen LogP contribution >= 0.6 is 11.3 Å². The maximum absolute atomic E-state index is 12.5. The van der Waals surface area contributed by atoms with Crippen molar-refractivity contribution in [3.8, 4) is 0 Å². The third kappa shape index (κ3) is 3.73. The zero-order valence-electron chi connectivity index (χ0n) is 10.1. The minimum absolute atomic E-state index is 0.108. The topological polar surface area (TPSA) is 72.4 Å². The van der Waals surface area contributed by atoms with Crippen LogP contribution in [0, 0.1) is 0 Å². The Labute approximate surface area is 115 Å². The Morgan fingerprint density at radius 2 is 2.25 bits per heavy atom. The molecule has 0 saturated carbocycles. The quantitative estimate of drug-likeness (QED) is 0.942. The zero-order valence-corrected chi connectivity index (χ0v) is 10.9. The number of nitrogens with zero attached hydrogens (tertiary/aromatic N) is 2. The van der Waals surface area contributed by atoms with E-state index in [-0.39, 0.29) is 23.1 Å². The first-order chi connectivity index (χ1) is 9.35. The number of rotatable bonds is 4. The van der Waals surface area contributed by atoms with Crippen LogP contribution in [-0.4, -0.2) is 28.5 Å². The molecular weight excluding hydrogens is 295 g/mol. The SMILES string of the molecule is Nc1nc(C(=O)N(Cc2ccco2)CC(F)(F)F)cs1. The molecule has 0 aliphatic heterocycles. The number of alkyl halides is 3. The third-order valence-corrected chi connectivity index (χ3v) is 3.00. The summed E-state index contributed by atoms with van der Waals surface area (Å²) in [4.78, 5) is 16.4. The summed E-state index contributed by atoms with van der Waals surface area (Å²) in [6.07, 6.45) is -3.18. The van der Waals surface area contributed by atoms with Crippen LogP contribution in [0.2, 0.25) is 0 Å². The van der Waals surface area contributed by atoms with Crippen molar-refractivity contribution >= 4 is 22.4 Å². The van der Waals surface area contributed by atoms with Gasteiger partial charge in [0, 0.05) is 5.38 Å². The van der Waals surface area contributed by atoms with Gasteiger partial charge in [0.05, 0.1) is 12.8 Å². The molecule has 5 nitrogen and oxygen atoms in total. The number of thiazole rings is 1. The van der Waals surface area contributed by atoms with Crippen LogP contribution in [0.1, 0.15) is 16.2 Å². The number of halogens is 3. The molecule has 20 heavy (non-hydrogen) atoms. The molecule has 108 valence electrons. The molecule has 0 unspecified atom stereocenters. The highest BCUT2D eigenvalue weighted by atomic mass is 32.1. The molecule has 0 radical (unpaired) electrons. The van der Waals surface area contributed by atoms with Gasteiger partial charge in [-0.3, -0.25) is 4.79 Å². The minimum atomic E-state index is -4.51. The van der Waals surface area contributed by atoms with Gasteiger partial charge < -0.3 is 15.1 Å². The van der Waals surface area contributed by atoms with Gasteiger partial charge in [0.1, 0.15) is 18.0 Å². The van der Waals surface area contributed by atoms with E-state index in [0.29, 0.717) is 4.90 Å². The van der Waals surface area contributed by atoms with Gasteiger partial charge in [0.25, 0.3) is 5.91 Å². The number of hydrogen-bond acceptors (Lipinski definition) is 5. The highest BCUT2D eigenvalue weighted by molar-refractivity contribution is 7.13. The van der Waals surface area contributed by atoms with Crippen LogP contribution < -0.4 is 5.73 Å². The lowest BCUT2D eigenvalue weighted by Gasteiger charge is -2.22. The fourth-order valence-corrected chi connectivity index (χ4v) is 2.09. The van der Waals surface area contributed by atoms with E-state index in [1.807, 2.05) is 0 Å². The zero-order chi connectivity index (χ0) is 14.8. The summed E-state index contributed by atoms with van der Waals surface area (Å²) in [6.45, 7) is -1.67. The smallest absolute Gasteiger partial charge is 0.406 e. The molecule has 0 fully saturated rings. The van der Waals surface area contributed by atoms with Gasteiger partial charge >= 0.3 is 6.18 Å². The van der Waals surface area contributed by atoms with Crippen LogP contribution in [0.3, 0.4) is 0 Å². The molecule has 0 aliphatic rings. The summed E-state index contributed by atoms with van der Waals surface area (Å²) in [6, 6.07) is 3.03. The van der Waals surface area contributed by atoms with Crippen molar-refractivity contribution in [3.63, 3.8) is 0 Å². The van der Waals surface area contributed by atoms with Gasteiger partial charge in [0.15, 0.2) is 5.13 Å². The van der Waals surface area contributed by atoms with Gasteiger partial charge in [-0.15, -0.1) is 11.3 Å². The van der Waals surface area contributed by atoms with Gasteiger partial charge in [-0.05, 0) is 12.1 Å². The van der Waals surface area contributed by atoms with Crippen LogP contribution in [-0.2, 0) is 6.54 Å². The van der Waals surface area contributed by atoms with Crippen molar-refractivity contribution in [2.75, 3.05) is 12.3 Å². The number of carbonyl (C=O) groups excluding carboxylic acids is 1. The van der Waals surface area contributed by atoms with Crippen molar-refractivity contribution in [1.82, 2.24) is 9.88 Å². The normalized spacial score (nSPS) is 11.6. The number of nitrogen functional groups attached to an aromatic ring is 1. The van der Waals surface area contributed by atoms with Crippen LogP contribution in [0.4, 0.5) is 18.3 Å². The number of hydrogen-bond donors (Lipinski definition) is 1. The summed E-state index contributed by atoms with van der Waals surface area (Å²) in [5.74, 6) is -0.586. The van der Waals surface area contributed by atoms with E-state index in [1.165, 1.54) is 23.8 Å². The Balaban J connectivity index is 2.19. The number of carbonyl (C=O) groups is 1. The van der Waals surface area contributed by atoms with Crippen LogP contribution in [0.15, 0.2) is 28.2 Å². The Bertz CT molecular complexity index is 580. The van der Waals surface area contributed by atoms with E-state index in [0.717, 1.165) is 11.3 Å². The van der Waals surface area contributed by atoms with Gasteiger partial charge in [-0.2, -0.15) is 13.2 Å². The van der Waals surface area contributed by atoms with Crippen molar-refractivity contribution in [1.29, 1.82) is 0 Å². The predicted octanol–water partition coefficient (Wildman–Crippen LogP) is 2.52. The Hall–Kier alpha value is -2.03. The summed E-state index contributed by atoms with van der Waals surface area (Å²) in [5.41, 5.74) is 5.27. The highest BCUT2D eigenvalue weighted by Gasteiger charge is 2.34. The molecule has 0 saturated heterocycles. The molecule has 2 heterocycles. The number of anilines is 1. The molecule has 2 rings (SSSR count). The van der Waals surface area contributed by atoms with Gasteiger partial charge in [-0.1, -0.05) is 0 Å². The first kappa shape index (κ1) is 14.4. The number of nitrogens with two attached hydrogens (primary N) is 1. The lowest BCUT2D eigenvalue weighted by molar-refractivity contribution is -0.142. The first-order valence-electron chi connectivity index (χ1n) is 5.44. The van der Waals surface area contributed by atoms with Crippen LogP contribution in [0.25, 0.3) is 0 Å². The maximum atomic E-state index is 12.5. The summed E-state index contributed by atoms with van der Waals surface area (Å²) in [5, 5.41) is 1.45. The lowest BCUT2D eigenvalue weighted by atomic mass is 10.3. The summed E-state index contributed by atoms with van der Waals surface area (Å²) < 4.78 is 42.6. The molecule has 0 bridgehead atoms. The van der Waals surface area contributed by atoms with Crippen LogP contribution in [0.5, 0.6) is 0 Å². The van der Waals surface area contributed by atoms with Crippen molar-refractivity contribution in [2.45, 2.75) is 12.7 Å². The van der Waals surface area contributed by atoms with Crippen molar-refractivity contribution in [3.05, 3.63) is 35.2 Å². The second kappa shape index (κ2) is 5.53. The summed E-state index contributed by atoms with van der Waals surface area (Å²) in [7, 11) is 0. The monoisotopic (exact) mass is 305 g/mol. The number of amides is 1. The van der Waals surface area contributed by atoms with E-state index in [2.05, 4.69) is 4.98 Å². The Kier molecular flexibility index (Phi) is 3.98. The number of furan rings is 1. The minimum Gasteiger partial charge on any atom is -0.467 e. The molecule has 0 aromatic carbocycles. The molecule has 2 N–H and O–H groups in total. The largest absolute Gasteiger partial charge is 0.467 e. The maximum Gasteiger partial charge on any atom is 0.406 e. The number of aromatic nitrogens is 1. The second-order valence-corrected chi connectivity index (χ2v) is 4.82. The molecular formula is C11H10F3N3O2S. The van der Waals surface area contributed by atoms with Crippen molar-refractivity contribution in [2.24, 2.45) is 0 Å². The standard InChI is InChI=1S/C11H10F3N3O2S/c12-11(13,14)6-17(4-7-2-1-3-19-7)9(18)8-5-20-10(15)16-8/h1-3,5H,4,6H2,(H2,15,16). The molecule has 2 aromatic rings. The molecule has 9 heteroatoms. The van der Waals surface area contributed by atoms with E-state index < -0.39 is 18.6 Å². The van der Waals surface area contributed by atoms with Gasteiger partial charge in [-0.25, -0.2) is 4.98 Å². The fourth-order valence-electron chi connectivity index (χ4n) is 1.55. The Morgan fingerprint density at radius 3 is 2.75 bits per heavy atom. The lowest BCUT2D eigenvalue weighted by Crippen LogP contribution is -2.38. The van der Waals surface area contributed by atoms with Crippen molar-refractivity contribution < 1.29 is 22.4 Å². The molecule has 2 aromatic heterocycles. The molecule has 0 spiro atoms. The Morgan fingerprint density at radius 1 is 1.50 bits per heavy atom. The average Bonchev–Trinajstić information content (AvgIpc) is 2.97. The van der Waals surface area contributed by atoms with E-state index in [1.54, 1.807) is 0 Å². The third-order valence-electron chi connectivity index (χ3n) is 2.33. The summed E-state index contributed by atoms with van der Waals surface area (Å²) >= 11 is 0.991. The fraction of sp³-hybridized carbons (Fsp3) is 0.273. The van der Waals surface area contributed by atoms with E-state index in [9.17, 15) is 18.0 Å². The first-order valence-corrected chi connectivity index (χ1v) is 6.32.